The first-order valence-electron chi connectivity index (χ1n) is 9.70. The average Bonchev–Trinajstić information content (AvgIpc) is 3.28. The molecule has 0 bridgehead atoms. The molecule has 1 aromatic carbocycles. The maximum absolute atomic E-state index is 12.2. The van der Waals surface area contributed by atoms with E-state index in [0.29, 0.717) is 30.9 Å². The molecule has 4 rings (SSSR count). The van der Waals surface area contributed by atoms with Crippen molar-refractivity contribution in [3.63, 3.8) is 0 Å². The SMILES string of the molecule is O=C(NCc1nc(N2CCCC2)nc(N2CCOCC2)n1)Nc1ccccc1. The zero-order valence-electron chi connectivity index (χ0n) is 15.8. The van der Waals surface area contributed by atoms with Gasteiger partial charge in [0, 0.05) is 31.9 Å². The van der Waals surface area contributed by atoms with Gasteiger partial charge in [0.25, 0.3) is 0 Å². The number of rotatable bonds is 5. The Morgan fingerprint density at radius 3 is 2.25 bits per heavy atom. The highest BCUT2D eigenvalue weighted by Gasteiger charge is 2.21. The minimum absolute atomic E-state index is 0.235. The van der Waals surface area contributed by atoms with Crippen molar-refractivity contribution in [2.45, 2.75) is 19.4 Å². The summed E-state index contributed by atoms with van der Waals surface area (Å²) in [7, 11) is 0. The molecule has 2 amide bonds. The van der Waals surface area contributed by atoms with E-state index in [2.05, 4.69) is 35.4 Å². The van der Waals surface area contributed by atoms with Crippen molar-refractivity contribution >= 4 is 23.6 Å². The van der Waals surface area contributed by atoms with E-state index in [1.807, 2.05) is 30.3 Å². The van der Waals surface area contributed by atoms with Gasteiger partial charge in [-0.1, -0.05) is 18.2 Å². The smallest absolute Gasteiger partial charge is 0.319 e. The maximum Gasteiger partial charge on any atom is 0.319 e. The highest BCUT2D eigenvalue weighted by molar-refractivity contribution is 5.89. The van der Waals surface area contributed by atoms with Crippen LogP contribution in [-0.2, 0) is 11.3 Å². The molecular weight excluding hydrogens is 358 g/mol. The number of hydrogen-bond acceptors (Lipinski definition) is 7. The Labute approximate surface area is 164 Å². The normalized spacial score (nSPS) is 16.9. The second-order valence-corrected chi connectivity index (χ2v) is 6.82. The largest absolute Gasteiger partial charge is 0.378 e. The van der Waals surface area contributed by atoms with Crippen molar-refractivity contribution < 1.29 is 9.53 Å². The van der Waals surface area contributed by atoms with Crippen molar-refractivity contribution in [1.29, 1.82) is 0 Å². The summed E-state index contributed by atoms with van der Waals surface area (Å²) >= 11 is 0. The number of carbonyl (C=O) groups is 1. The van der Waals surface area contributed by atoms with Crippen molar-refractivity contribution in [2.24, 2.45) is 0 Å². The highest BCUT2D eigenvalue weighted by atomic mass is 16.5. The number of nitrogens with zero attached hydrogens (tertiary/aromatic N) is 5. The number of ether oxygens (including phenoxy) is 1. The van der Waals surface area contributed by atoms with Crippen LogP contribution < -0.4 is 20.4 Å². The topological polar surface area (TPSA) is 95.5 Å². The van der Waals surface area contributed by atoms with Crippen molar-refractivity contribution in [2.75, 3.05) is 54.5 Å². The van der Waals surface area contributed by atoms with E-state index in [9.17, 15) is 4.79 Å². The number of aromatic nitrogens is 3. The van der Waals surface area contributed by atoms with E-state index in [-0.39, 0.29) is 12.6 Å². The van der Waals surface area contributed by atoms with Crippen molar-refractivity contribution in [1.82, 2.24) is 20.3 Å². The third kappa shape index (κ3) is 4.66. The van der Waals surface area contributed by atoms with Crippen molar-refractivity contribution in [3.8, 4) is 0 Å². The summed E-state index contributed by atoms with van der Waals surface area (Å²) in [6.07, 6.45) is 2.29. The molecule has 0 unspecified atom stereocenters. The third-order valence-electron chi connectivity index (χ3n) is 4.78. The maximum atomic E-state index is 12.2. The van der Waals surface area contributed by atoms with E-state index in [1.165, 1.54) is 0 Å². The first-order valence-corrected chi connectivity index (χ1v) is 9.70. The Kier molecular flexibility index (Phi) is 5.81. The van der Waals surface area contributed by atoms with Crippen LogP contribution in [0.1, 0.15) is 18.7 Å². The number of nitrogens with one attached hydrogen (secondary N) is 2. The molecule has 2 aliphatic rings. The summed E-state index contributed by atoms with van der Waals surface area (Å²) < 4.78 is 5.43. The standard InChI is InChI=1S/C19H25N7O2/c27-19(21-15-6-2-1-3-7-15)20-14-16-22-17(25-8-4-5-9-25)24-18(23-16)26-10-12-28-13-11-26/h1-3,6-7H,4-5,8-14H2,(H2,20,21,27). The second kappa shape index (κ2) is 8.83. The number of anilines is 3. The molecule has 0 spiro atoms. The quantitative estimate of drug-likeness (QED) is 0.810. The van der Waals surface area contributed by atoms with Crippen LogP contribution in [0, 0.1) is 0 Å². The lowest BCUT2D eigenvalue weighted by molar-refractivity contribution is 0.122. The van der Waals surface area contributed by atoms with E-state index >= 15 is 0 Å². The van der Waals surface area contributed by atoms with Gasteiger partial charge in [0.1, 0.15) is 0 Å². The van der Waals surface area contributed by atoms with E-state index in [0.717, 1.165) is 44.7 Å². The van der Waals surface area contributed by atoms with Gasteiger partial charge in [-0.25, -0.2) is 4.79 Å². The fourth-order valence-electron chi connectivity index (χ4n) is 3.29. The van der Waals surface area contributed by atoms with Gasteiger partial charge in [-0.05, 0) is 25.0 Å². The van der Waals surface area contributed by atoms with Crippen LogP contribution >= 0.6 is 0 Å². The molecular formula is C19H25N7O2. The summed E-state index contributed by atoms with van der Waals surface area (Å²) in [4.78, 5) is 30.3. The molecule has 2 saturated heterocycles. The van der Waals surface area contributed by atoms with Crippen LogP contribution in [-0.4, -0.2) is 60.4 Å². The molecule has 9 heteroatoms. The lowest BCUT2D eigenvalue weighted by atomic mass is 10.3. The number of benzene rings is 1. The first kappa shape index (κ1) is 18.4. The molecule has 1 aromatic heterocycles. The minimum atomic E-state index is -0.290. The van der Waals surface area contributed by atoms with E-state index < -0.39 is 0 Å². The number of morpholine rings is 1. The van der Waals surface area contributed by atoms with Crippen LogP contribution in [0.25, 0.3) is 0 Å². The predicted octanol–water partition coefficient (Wildman–Crippen LogP) is 1.63. The Morgan fingerprint density at radius 1 is 0.929 bits per heavy atom. The molecule has 3 heterocycles. The van der Waals surface area contributed by atoms with Gasteiger partial charge in [0.2, 0.25) is 11.9 Å². The molecule has 2 aliphatic heterocycles. The van der Waals surface area contributed by atoms with Gasteiger partial charge in [0.15, 0.2) is 5.82 Å². The molecule has 0 radical (unpaired) electrons. The lowest BCUT2D eigenvalue weighted by Crippen LogP contribution is -2.38. The van der Waals surface area contributed by atoms with Gasteiger partial charge in [-0.3, -0.25) is 0 Å². The summed E-state index contributed by atoms with van der Waals surface area (Å²) in [6.45, 7) is 4.98. The monoisotopic (exact) mass is 383 g/mol. The summed E-state index contributed by atoms with van der Waals surface area (Å²) in [5.74, 6) is 1.90. The molecule has 0 aliphatic carbocycles. The molecule has 2 aromatic rings. The van der Waals surface area contributed by atoms with Gasteiger partial charge in [0.05, 0.1) is 19.8 Å². The van der Waals surface area contributed by atoms with E-state index in [1.54, 1.807) is 0 Å². The summed E-state index contributed by atoms with van der Waals surface area (Å²) in [5, 5.41) is 5.63. The molecule has 9 nitrogen and oxygen atoms in total. The number of amides is 2. The summed E-state index contributed by atoms with van der Waals surface area (Å²) in [6, 6.07) is 9.04. The van der Waals surface area contributed by atoms with Gasteiger partial charge < -0.3 is 25.2 Å². The van der Waals surface area contributed by atoms with Crippen LogP contribution in [0.3, 0.4) is 0 Å². The second-order valence-electron chi connectivity index (χ2n) is 6.82. The first-order chi connectivity index (χ1) is 13.8. The summed E-state index contributed by atoms with van der Waals surface area (Å²) in [5.41, 5.74) is 0.738. The van der Waals surface area contributed by atoms with Gasteiger partial charge >= 0.3 is 6.03 Å². The molecule has 2 N–H and O–H groups in total. The molecule has 28 heavy (non-hydrogen) atoms. The average molecular weight is 383 g/mol. The van der Waals surface area contributed by atoms with E-state index in [4.69, 9.17) is 4.74 Å². The number of urea groups is 1. The zero-order chi connectivity index (χ0) is 19.2. The number of carbonyl (C=O) groups excluding carboxylic acids is 1. The molecule has 2 fully saturated rings. The Balaban J connectivity index is 1.46. The lowest BCUT2D eigenvalue weighted by Gasteiger charge is -2.28. The van der Waals surface area contributed by atoms with Gasteiger partial charge in [-0.2, -0.15) is 15.0 Å². The molecule has 148 valence electrons. The van der Waals surface area contributed by atoms with Crippen LogP contribution in [0.4, 0.5) is 22.4 Å². The zero-order valence-corrected chi connectivity index (χ0v) is 15.8. The number of hydrogen-bond donors (Lipinski definition) is 2. The minimum Gasteiger partial charge on any atom is -0.378 e. The van der Waals surface area contributed by atoms with Crippen molar-refractivity contribution in [3.05, 3.63) is 36.2 Å². The van der Waals surface area contributed by atoms with Crippen LogP contribution in [0.2, 0.25) is 0 Å². The third-order valence-corrected chi connectivity index (χ3v) is 4.78. The fourth-order valence-corrected chi connectivity index (χ4v) is 3.29. The predicted molar refractivity (Wildman–Crippen MR) is 107 cm³/mol. The Morgan fingerprint density at radius 2 is 1.57 bits per heavy atom. The highest BCUT2D eigenvalue weighted by Crippen LogP contribution is 2.19. The van der Waals surface area contributed by atoms with Gasteiger partial charge in [-0.15, -0.1) is 0 Å². The van der Waals surface area contributed by atoms with Crippen LogP contribution in [0.5, 0.6) is 0 Å². The van der Waals surface area contributed by atoms with Crippen LogP contribution in [0.15, 0.2) is 30.3 Å². The molecule has 0 atom stereocenters. The Bertz CT molecular complexity index is 790. The number of para-hydroxylation sites is 1. The molecule has 0 saturated carbocycles. The fraction of sp³-hybridized carbons (Fsp3) is 0.474. The Hall–Kier alpha value is -2.94.